The first-order valence-electron chi connectivity index (χ1n) is 17.3. The van der Waals surface area contributed by atoms with Gasteiger partial charge in [0.2, 0.25) is 0 Å². The number of aromatic nitrogens is 3. The van der Waals surface area contributed by atoms with Gasteiger partial charge in [0.1, 0.15) is 28.8 Å². The normalized spacial score (nSPS) is 23.0. The van der Waals surface area contributed by atoms with Crippen molar-refractivity contribution in [2.24, 2.45) is 5.92 Å². The molecule has 2 aliphatic heterocycles. The predicted molar refractivity (Wildman–Crippen MR) is 185 cm³/mol. The van der Waals surface area contributed by atoms with Gasteiger partial charge in [-0.15, -0.1) is 5.10 Å². The third kappa shape index (κ3) is 4.54. The molecule has 13 heteroatoms. The second-order valence-corrected chi connectivity index (χ2v) is 13.1. The number of anilines is 2. The lowest BCUT2D eigenvalue weighted by molar-refractivity contribution is -0.298. The van der Waals surface area contributed by atoms with Gasteiger partial charge in [0.25, 0.3) is 5.91 Å². The Hall–Kier alpha value is -4.53. The SMILES string of the molecule is CCN(CC)c1ccc2c(c1)Oc1cc(N(CC)CC)ccc1C21c2ccccc2C(=O)N1Cc1cn([C@]2(C(O)O)C(O)[C@H](O)[C@@H]2CO)nn1. The fraction of sp³-hybridized carbons (Fsp3) is 0.432. The molecule has 1 aromatic heterocycles. The number of carbonyl (C=O) groups is 1. The van der Waals surface area contributed by atoms with Gasteiger partial charge in [-0.2, -0.15) is 0 Å². The highest BCUT2D eigenvalue weighted by Gasteiger charge is 2.67. The van der Waals surface area contributed by atoms with Crippen molar-refractivity contribution in [3.63, 3.8) is 0 Å². The summed E-state index contributed by atoms with van der Waals surface area (Å²) < 4.78 is 7.85. The molecule has 50 heavy (non-hydrogen) atoms. The number of amides is 1. The maximum Gasteiger partial charge on any atom is 0.255 e. The van der Waals surface area contributed by atoms with Gasteiger partial charge in [0, 0.05) is 72.3 Å². The van der Waals surface area contributed by atoms with Crippen LogP contribution in [0.15, 0.2) is 66.9 Å². The Bertz CT molecular complexity index is 1850. The van der Waals surface area contributed by atoms with Crippen LogP contribution in [0, 0.1) is 5.92 Å². The van der Waals surface area contributed by atoms with Crippen molar-refractivity contribution >= 4 is 17.3 Å². The maximum atomic E-state index is 14.6. The second-order valence-electron chi connectivity index (χ2n) is 13.1. The predicted octanol–water partition coefficient (Wildman–Crippen LogP) is 2.37. The highest BCUT2D eigenvalue weighted by atomic mass is 16.5. The van der Waals surface area contributed by atoms with Gasteiger partial charge in [-0.05, 0) is 51.5 Å². The van der Waals surface area contributed by atoms with Gasteiger partial charge in [0.05, 0.1) is 25.5 Å². The quantitative estimate of drug-likeness (QED) is 0.147. The van der Waals surface area contributed by atoms with Crippen LogP contribution in [-0.4, -0.2) is 103 Å². The zero-order valence-electron chi connectivity index (χ0n) is 28.6. The molecule has 0 radical (unpaired) electrons. The van der Waals surface area contributed by atoms with Crippen molar-refractivity contribution in [2.45, 2.75) is 63.8 Å². The van der Waals surface area contributed by atoms with Crippen molar-refractivity contribution in [2.75, 3.05) is 42.6 Å². The minimum Gasteiger partial charge on any atom is -0.456 e. The van der Waals surface area contributed by atoms with Crippen molar-refractivity contribution < 1.29 is 35.1 Å². The van der Waals surface area contributed by atoms with E-state index in [0.717, 1.165) is 58.9 Å². The van der Waals surface area contributed by atoms with E-state index in [1.165, 1.54) is 6.20 Å². The first-order chi connectivity index (χ1) is 24.1. The summed E-state index contributed by atoms with van der Waals surface area (Å²) in [6, 6.07) is 19.8. The summed E-state index contributed by atoms with van der Waals surface area (Å²) in [7, 11) is 0. The molecule has 1 spiro atoms. The number of aliphatic hydroxyl groups is 5. The van der Waals surface area contributed by atoms with E-state index in [-0.39, 0.29) is 12.5 Å². The van der Waals surface area contributed by atoms with Crippen LogP contribution < -0.4 is 14.5 Å². The van der Waals surface area contributed by atoms with Crippen LogP contribution in [0.4, 0.5) is 11.4 Å². The molecule has 1 amide bonds. The van der Waals surface area contributed by atoms with E-state index >= 15 is 0 Å². The number of rotatable bonds is 11. The summed E-state index contributed by atoms with van der Waals surface area (Å²) in [6.07, 6.45) is -3.78. The lowest BCUT2D eigenvalue weighted by atomic mass is 9.61. The summed E-state index contributed by atoms with van der Waals surface area (Å²) in [4.78, 5) is 20.8. The molecule has 3 aromatic carbocycles. The van der Waals surface area contributed by atoms with Crippen molar-refractivity contribution in [1.29, 1.82) is 0 Å². The summed E-state index contributed by atoms with van der Waals surface area (Å²) in [5, 5.41) is 60.4. The molecule has 1 unspecified atom stereocenters. The van der Waals surface area contributed by atoms with Crippen molar-refractivity contribution in [3.05, 3.63) is 94.8 Å². The third-order valence-corrected chi connectivity index (χ3v) is 11.1. The van der Waals surface area contributed by atoms with E-state index in [1.54, 1.807) is 4.90 Å². The summed E-state index contributed by atoms with van der Waals surface area (Å²) in [5.41, 5.74) is 2.08. The largest absolute Gasteiger partial charge is 0.456 e. The minimum atomic E-state index is -2.18. The number of fused-ring (bicyclic) bond motifs is 6. The molecule has 1 aliphatic carbocycles. The van der Waals surface area contributed by atoms with E-state index in [2.05, 4.69) is 59.9 Å². The lowest BCUT2D eigenvalue weighted by Gasteiger charge is -2.56. The van der Waals surface area contributed by atoms with Crippen LogP contribution in [0.1, 0.15) is 60.4 Å². The van der Waals surface area contributed by atoms with Crippen molar-refractivity contribution in [3.8, 4) is 11.5 Å². The Morgan fingerprint density at radius 3 is 1.98 bits per heavy atom. The first kappa shape index (κ1) is 33.9. The van der Waals surface area contributed by atoms with E-state index in [9.17, 15) is 30.3 Å². The van der Waals surface area contributed by atoms with Crippen LogP contribution in [0.25, 0.3) is 0 Å². The molecule has 0 bridgehead atoms. The number of hydrogen-bond donors (Lipinski definition) is 5. The molecule has 4 atom stereocenters. The Morgan fingerprint density at radius 2 is 1.44 bits per heavy atom. The van der Waals surface area contributed by atoms with Gasteiger partial charge in [-0.1, -0.05) is 35.5 Å². The highest BCUT2D eigenvalue weighted by Crippen LogP contribution is 2.58. The number of hydrogen-bond acceptors (Lipinski definition) is 11. The fourth-order valence-electron chi connectivity index (χ4n) is 8.43. The molecule has 3 heterocycles. The van der Waals surface area contributed by atoms with Gasteiger partial charge in [-0.25, -0.2) is 4.68 Å². The molecule has 3 aliphatic rings. The van der Waals surface area contributed by atoms with Crippen LogP contribution in [0.2, 0.25) is 0 Å². The van der Waals surface area contributed by atoms with Gasteiger partial charge >= 0.3 is 0 Å². The highest BCUT2D eigenvalue weighted by molar-refractivity contribution is 6.02. The average molecular weight is 685 g/mol. The number of nitrogens with zero attached hydrogens (tertiary/aromatic N) is 6. The van der Waals surface area contributed by atoms with Crippen molar-refractivity contribution in [1.82, 2.24) is 19.9 Å². The molecule has 1 fully saturated rings. The zero-order chi connectivity index (χ0) is 35.5. The minimum absolute atomic E-state index is 0.0535. The van der Waals surface area contributed by atoms with E-state index < -0.39 is 42.1 Å². The van der Waals surface area contributed by atoms with E-state index in [4.69, 9.17) is 4.74 Å². The smallest absolute Gasteiger partial charge is 0.255 e. The van der Waals surface area contributed by atoms with Crippen LogP contribution >= 0.6 is 0 Å². The van der Waals surface area contributed by atoms with Gasteiger partial charge in [0.15, 0.2) is 11.8 Å². The molecule has 7 rings (SSSR count). The Morgan fingerprint density at radius 1 is 0.860 bits per heavy atom. The standard InChI is InChI=1S/C37H44N6O7/c1-5-40(6-2)23-13-15-27-30(17-23)50-31-18-24(41(7-3)8-4)14-16-28(31)36(27)26-12-10-9-11-25(26)34(47)42(36)19-22-20-43(39-38-22)37(35(48)49)29(21-44)32(45)33(37)46/h9-18,20,29,32-33,35,44-46,48-49H,5-8,19,21H2,1-4H3/t29-,32+,33?,37-/m0/s1. The Kier molecular flexibility index (Phi) is 8.59. The van der Waals surface area contributed by atoms with Gasteiger partial charge in [-0.3, -0.25) is 4.79 Å². The maximum absolute atomic E-state index is 14.6. The molecule has 0 saturated heterocycles. The second kappa shape index (κ2) is 12.7. The summed E-state index contributed by atoms with van der Waals surface area (Å²) in [6.45, 7) is 10.9. The monoisotopic (exact) mass is 684 g/mol. The number of ether oxygens (including phenoxy) is 1. The third-order valence-electron chi connectivity index (χ3n) is 11.1. The zero-order valence-corrected chi connectivity index (χ0v) is 28.6. The number of aliphatic hydroxyl groups excluding tert-OH is 4. The molecule has 4 aromatic rings. The van der Waals surface area contributed by atoms with Crippen LogP contribution in [0.3, 0.4) is 0 Å². The molecular weight excluding hydrogens is 640 g/mol. The molecule has 13 nitrogen and oxygen atoms in total. The summed E-state index contributed by atoms with van der Waals surface area (Å²) in [5.74, 6) is -0.114. The van der Waals surface area contributed by atoms with Crippen LogP contribution in [-0.2, 0) is 17.6 Å². The average Bonchev–Trinajstić information content (AvgIpc) is 3.68. The molecule has 1 saturated carbocycles. The molecular formula is C37H44N6O7. The Labute approximate surface area is 290 Å². The topological polar surface area (TPSA) is 168 Å². The van der Waals surface area contributed by atoms with E-state index in [1.807, 2.05) is 48.5 Å². The first-order valence-corrected chi connectivity index (χ1v) is 17.3. The molecule has 5 N–H and O–H groups in total. The summed E-state index contributed by atoms with van der Waals surface area (Å²) >= 11 is 0. The van der Waals surface area contributed by atoms with Gasteiger partial charge < -0.3 is 45.0 Å². The fourth-order valence-corrected chi connectivity index (χ4v) is 8.43. The number of benzene rings is 3. The van der Waals surface area contributed by atoms with E-state index in [0.29, 0.717) is 22.8 Å². The van der Waals surface area contributed by atoms with Crippen LogP contribution in [0.5, 0.6) is 11.5 Å². The number of carbonyl (C=O) groups excluding carboxylic acids is 1. The lowest BCUT2D eigenvalue weighted by Crippen LogP contribution is -2.76. The molecule has 264 valence electrons. The Balaban J connectivity index is 1.42.